The molecule has 0 radical (unpaired) electrons. The first-order chi connectivity index (χ1) is 11.9. The Hall–Kier alpha value is -1.04. The Morgan fingerprint density at radius 2 is 1.84 bits per heavy atom. The molecule has 1 amide bonds. The van der Waals surface area contributed by atoms with E-state index >= 15 is 0 Å². The summed E-state index contributed by atoms with van der Waals surface area (Å²) in [7, 11) is 2.05. The monoisotopic (exact) mass is 342 g/mol. The fourth-order valence-electron chi connectivity index (χ4n) is 7.97. The fourth-order valence-corrected chi connectivity index (χ4v) is 7.97. The van der Waals surface area contributed by atoms with Crippen molar-refractivity contribution in [1.29, 1.82) is 5.26 Å². The molecular weight excluding hydrogens is 308 g/mol. The van der Waals surface area contributed by atoms with Crippen LogP contribution in [0.3, 0.4) is 0 Å². The molecule has 0 unspecified atom stereocenters. The van der Waals surface area contributed by atoms with Crippen LogP contribution in [0.1, 0.15) is 78.1 Å². The van der Waals surface area contributed by atoms with Crippen molar-refractivity contribution >= 4 is 5.91 Å². The molecule has 0 N–H and O–H groups in total. The standard InChI is InChI=1S/C22H34N2O/c1-21-12-10-18-16(17(21)8-6-15(21)5-4-14-23)7-9-19-22(18,2)13-11-20(25)24(19)3/h15-19H,4-13H2,1-3H3/t15-,16-,17-,18-,19+,21+,22+/m0/s1. The van der Waals surface area contributed by atoms with Gasteiger partial charge in [-0.2, -0.15) is 5.26 Å². The Morgan fingerprint density at radius 3 is 2.60 bits per heavy atom. The first-order valence-corrected chi connectivity index (χ1v) is 10.5. The molecule has 0 spiro atoms. The Kier molecular flexibility index (Phi) is 4.17. The van der Waals surface area contributed by atoms with Gasteiger partial charge >= 0.3 is 0 Å². The maximum Gasteiger partial charge on any atom is 0.222 e. The highest BCUT2D eigenvalue weighted by atomic mass is 16.2. The summed E-state index contributed by atoms with van der Waals surface area (Å²) in [6, 6.07) is 2.85. The van der Waals surface area contributed by atoms with Gasteiger partial charge in [-0.05, 0) is 85.9 Å². The molecule has 3 aliphatic carbocycles. The van der Waals surface area contributed by atoms with E-state index in [1.165, 1.54) is 38.5 Å². The van der Waals surface area contributed by atoms with Crippen molar-refractivity contribution in [1.82, 2.24) is 4.90 Å². The van der Waals surface area contributed by atoms with E-state index in [9.17, 15) is 4.79 Å². The molecule has 0 aromatic heterocycles. The van der Waals surface area contributed by atoms with Crippen LogP contribution in [0.5, 0.6) is 0 Å². The predicted octanol–water partition coefficient (Wildman–Crippen LogP) is 4.77. The van der Waals surface area contributed by atoms with Gasteiger partial charge in [0.25, 0.3) is 0 Å². The lowest BCUT2D eigenvalue weighted by molar-refractivity contribution is -0.158. The van der Waals surface area contributed by atoms with Crippen molar-refractivity contribution in [3.8, 4) is 6.07 Å². The van der Waals surface area contributed by atoms with E-state index < -0.39 is 0 Å². The van der Waals surface area contributed by atoms with Crippen molar-refractivity contribution in [2.45, 2.75) is 84.1 Å². The van der Waals surface area contributed by atoms with Crippen LogP contribution in [0, 0.1) is 45.8 Å². The summed E-state index contributed by atoms with van der Waals surface area (Å²) >= 11 is 0. The van der Waals surface area contributed by atoms with Crippen molar-refractivity contribution < 1.29 is 4.79 Å². The number of hydrogen-bond donors (Lipinski definition) is 0. The summed E-state index contributed by atoms with van der Waals surface area (Å²) in [4.78, 5) is 14.3. The zero-order chi connectivity index (χ0) is 17.8. The van der Waals surface area contributed by atoms with E-state index in [0.717, 1.165) is 49.4 Å². The van der Waals surface area contributed by atoms with Gasteiger partial charge in [0.2, 0.25) is 5.91 Å². The third-order valence-electron chi connectivity index (χ3n) is 9.36. The van der Waals surface area contributed by atoms with Gasteiger partial charge in [-0.15, -0.1) is 0 Å². The highest BCUT2D eigenvalue weighted by Gasteiger charge is 2.60. The lowest BCUT2D eigenvalue weighted by Gasteiger charge is -2.61. The molecule has 3 saturated carbocycles. The number of carbonyl (C=O) groups is 1. The molecule has 3 nitrogen and oxygen atoms in total. The quantitative estimate of drug-likeness (QED) is 0.725. The minimum absolute atomic E-state index is 0.331. The maximum absolute atomic E-state index is 12.2. The molecule has 0 aromatic carbocycles. The van der Waals surface area contributed by atoms with Crippen molar-refractivity contribution in [3.05, 3.63) is 0 Å². The van der Waals surface area contributed by atoms with Crippen LogP contribution < -0.4 is 0 Å². The minimum atomic E-state index is 0.331. The number of nitriles is 1. The van der Waals surface area contributed by atoms with E-state index in [1.807, 2.05) is 7.05 Å². The molecule has 4 rings (SSSR count). The van der Waals surface area contributed by atoms with Gasteiger partial charge in [-0.1, -0.05) is 13.8 Å². The second kappa shape index (κ2) is 6.00. The van der Waals surface area contributed by atoms with E-state index in [4.69, 9.17) is 5.26 Å². The van der Waals surface area contributed by atoms with Gasteiger partial charge in [0.05, 0.1) is 6.07 Å². The number of fused-ring (bicyclic) bond motifs is 5. The van der Waals surface area contributed by atoms with Crippen LogP contribution in [-0.2, 0) is 4.79 Å². The van der Waals surface area contributed by atoms with Gasteiger partial charge in [-0.3, -0.25) is 4.79 Å². The SMILES string of the molecule is CN1C(=O)CC[C@]2(C)[C@H]3CC[C@]4(C)[C@@H](CCC#N)CC[C@H]4[C@@H]3CC[C@@H]12. The lowest BCUT2D eigenvalue weighted by Crippen LogP contribution is -2.61. The number of hydrogen-bond acceptors (Lipinski definition) is 2. The molecule has 0 aromatic rings. The first kappa shape index (κ1) is 17.4. The van der Waals surface area contributed by atoms with E-state index in [-0.39, 0.29) is 0 Å². The molecule has 0 bridgehead atoms. The van der Waals surface area contributed by atoms with Gasteiger partial charge < -0.3 is 4.90 Å². The number of rotatable bonds is 2. The summed E-state index contributed by atoms with van der Waals surface area (Å²) in [5.74, 6) is 3.64. The van der Waals surface area contributed by atoms with Crippen LogP contribution in [0.15, 0.2) is 0 Å². The summed E-state index contributed by atoms with van der Waals surface area (Å²) in [6.45, 7) is 5.05. The zero-order valence-electron chi connectivity index (χ0n) is 16.3. The summed E-state index contributed by atoms with van der Waals surface area (Å²) < 4.78 is 0. The van der Waals surface area contributed by atoms with Crippen molar-refractivity contribution in [3.63, 3.8) is 0 Å². The second-order valence-electron chi connectivity index (χ2n) is 10.00. The summed E-state index contributed by atoms with van der Waals surface area (Å²) in [6.07, 6.45) is 11.6. The molecule has 25 heavy (non-hydrogen) atoms. The predicted molar refractivity (Wildman–Crippen MR) is 98.5 cm³/mol. The van der Waals surface area contributed by atoms with E-state index in [2.05, 4.69) is 24.8 Å². The molecule has 7 atom stereocenters. The maximum atomic E-state index is 12.2. The first-order valence-electron chi connectivity index (χ1n) is 10.5. The van der Waals surface area contributed by atoms with Crippen LogP contribution in [0.25, 0.3) is 0 Å². The normalized spacial score (nSPS) is 49.1. The van der Waals surface area contributed by atoms with Crippen LogP contribution in [-0.4, -0.2) is 23.9 Å². The molecule has 4 fully saturated rings. The average Bonchev–Trinajstić information content (AvgIpc) is 2.93. The lowest BCUT2D eigenvalue weighted by atomic mass is 9.46. The van der Waals surface area contributed by atoms with Crippen LogP contribution in [0.4, 0.5) is 0 Å². The van der Waals surface area contributed by atoms with Crippen LogP contribution in [0.2, 0.25) is 0 Å². The number of nitrogens with zero attached hydrogens (tertiary/aromatic N) is 2. The molecule has 4 aliphatic rings. The fraction of sp³-hybridized carbons (Fsp3) is 0.909. The molecular formula is C22H34N2O. The third kappa shape index (κ3) is 2.39. The minimum Gasteiger partial charge on any atom is -0.342 e. The number of carbonyl (C=O) groups excluding carboxylic acids is 1. The second-order valence-corrected chi connectivity index (χ2v) is 10.00. The largest absolute Gasteiger partial charge is 0.342 e. The number of amides is 1. The topological polar surface area (TPSA) is 44.1 Å². The average molecular weight is 343 g/mol. The Bertz CT molecular complexity index is 595. The number of piperidine rings is 1. The van der Waals surface area contributed by atoms with E-state index in [0.29, 0.717) is 22.8 Å². The van der Waals surface area contributed by atoms with Crippen molar-refractivity contribution in [2.24, 2.45) is 34.5 Å². The van der Waals surface area contributed by atoms with Gasteiger partial charge in [0.1, 0.15) is 0 Å². The molecule has 3 heteroatoms. The van der Waals surface area contributed by atoms with Crippen LogP contribution >= 0.6 is 0 Å². The van der Waals surface area contributed by atoms with Gasteiger partial charge in [0.15, 0.2) is 0 Å². The van der Waals surface area contributed by atoms with Gasteiger partial charge in [0, 0.05) is 25.9 Å². The highest BCUT2D eigenvalue weighted by molar-refractivity contribution is 5.77. The Labute approximate surface area is 153 Å². The molecule has 138 valence electrons. The van der Waals surface area contributed by atoms with Gasteiger partial charge in [-0.25, -0.2) is 0 Å². The summed E-state index contributed by atoms with van der Waals surface area (Å²) in [5, 5.41) is 9.02. The van der Waals surface area contributed by atoms with Crippen molar-refractivity contribution in [2.75, 3.05) is 7.05 Å². The third-order valence-corrected chi connectivity index (χ3v) is 9.36. The summed E-state index contributed by atoms with van der Waals surface area (Å²) in [5.41, 5.74) is 0.801. The zero-order valence-corrected chi connectivity index (χ0v) is 16.3. The highest BCUT2D eigenvalue weighted by Crippen LogP contribution is 2.66. The smallest absolute Gasteiger partial charge is 0.222 e. The molecule has 1 aliphatic heterocycles. The number of likely N-dealkylation sites (tertiary alicyclic amines) is 1. The molecule has 1 heterocycles. The Balaban J connectivity index is 1.58. The van der Waals surface area contributed by atoms with E-state index in [1.54, 1.807) is 0 Å². The molecule has 1 saturated heterocycles. The Morgan fingerprint density at radius 1 is 1.08 bits per heavy atom.